The van der Waals surface area contributed by atoms with Gasteiger partial charge in [0.25, 0.3) is 0 Å². The highest BCUT2D eigenvalue weighted by Crippen LogP contribution is 2.25. The summed E-state index contributed by atoms with van der Waals surface area (Å²) in [6.45, 7) is 7.92. The van der Waals surface area contributed by atoms with Crippen molar-refractivity contribution in [3.05, 3.63) is 0 Å². The Kier molecular flexibility index (Phi) is 3.98. The zero-order valence-electron chi connectivity index (χ0n) is 8.36. The van der Waals surface area contributed by atoms with E-state index in [1.165, 1.54) is 0 Å². The molecule has 3 atom stereocenters. The van der Waals surface area contributed by atoms with Crippen LogP contribution >= 0.6 is 24.4 Å². The number of carbonyl (C=O) groups is 1. The Hall–Kier alpha value is 0.170. The van der Waals surface area contributed by atoms with Crippen molar-refractivity contribution < 1.29 is 4.79 Å². The number of thioether (sulfide) groups is 1. The molecule has 0 radical (unpaired) electrons. The van der Waals surface area contributed by atoms with Crippen molar-refractivity contribution in [2.24, 2.45) is 0 Å². The summed E-state index contributed by atoms with van der Waals surface area (Å²) >= 11 is 6.12. The maximum Gasteiger partial charge on any atom is 0.235 e. The topological polar surface area (TPSA) is 20.3 Å². The molecule has 0 aromatic heterocycles. The molecule has 0 spiro atoms. The molecule has 1 aliphatic rings. The van der Waals surface area contributed by atoms with Crippen LogP contribution in [0.2, 0.25) is 0 Å². The number of hydrogen-bond donors (Lipinski definition) is 1. The van der Waals surface area contributed by atoms with Crippen LogP contribution in [0.1, 0.15) is 20.8 Å². The molecular formula is C9H17NOS2. The van der Waals surface area contributed by atoms with Crippen molar-refractivity contribution in [1.29, 1.82) is 0 Å². The van der Waals surface area contributed by atoms with E-state index in [0.29, 0.717) is 10.5 Å². The Morgan fingerprint density at radius 3 is 2.31 bits per heavy atom. The van der Waals surface area contributed by atoms with Gasteiger partial charge in [0.1, 0.15) is 0 Å². The van der Waals surface area contributed by atoms with Gasteiger partial charge in [-0.25, -0.2) is 0 Å². The lowest BCUT2D eigenvalue weighted by Gasteiger charge is -2.35. The summed E-state index contributed by atoms with van der Waals surface area (Å²) in [5.74, 6) is 0.169. The Morgan fingerprint density at radius 1 is 1.46 bits per heavy atom. The minimum atomic E-state index is -0.164. The van der Waals surface area contributed by atoms with Gasteiger partial charge in [-0.3, -0.25) is 4.79 Å². The number of amides is 1. The van der Waals surface area contributed by atoms with Gasteiger partial charge in [0.15, 0.2) is 0 Å². The van der Waals surface area contributed by atoms with Gasteiger partial charge in [-0.15, -0.1) is 0 Å². The van der Waals surface area contributed by atoms with Crippen LogP contribution in [-0.4, -0.2) is 39.6 Å². The first-order valence-electron chi connectivity index (χ1n) is 4.63. The van der Waals surface area contributed by atoms with Crippen LogP contribution in [-0.2, 0) is 4.79 Å². The van der Waals surface area contributed by atoms with Gasteiger partial charge in [-0.2, -0.15) is 24.4 Å². The van der Waals surface area contributed by atoms with Gasteiger partial charge in [-0.05, 0) is 6.92 Å². The number of thiol groups is 1. The lowest BCUT2D eigenvalue weighted by atomic mass is 10.3. The second kappa shape index (κ2) is 4.60. The number of rotatable bonds is 1. The number of carbonyl (C=O) groups excluding carboxylic acids is 1. The summed E-state index contributed by atoms with van der Waals surface area (Å²) in [5.41, 5.74) is 0. The Labute approximate surface area is 89.9 Å². The molecule has 0 aromatic rings. The molecule has 1 rings (SSSR count). The summed E-state index contributed by atoms with van der Waals surface area (Å²) in [5, 5.41) is 0.946. The fourth-order valence-electron chi connectivity index (χ4n) is 1.62. The largest absolute Gasteiger partial charge is 0.340 e. The normalized spacial score (nSPS) is 31.5. The van der Waals surface area contributed by atoms with Gasteiger partial charge in [0, 0.05) is 23.6 Å². The smallest absolute Gasteiger partial charge is 0.235 e. The Bertz CT molecular complexity index is 186. The average molecular weight is 219 g/mol. The maximum atomic E-state index is 11.6. The number of nitrogens with zero attached hydrogens (tertiary/aromatic N) is 1. The van der Waals surface area contributed by atoms with Gasteiger partial charge >= 0.3 is 0 Å². The van der Waals surface area contributed by atoms with E-state index in [2.05, 4.69) is 26.5 Å². The van der Waals surface area contributed by atoms with E-state index in [4.69, 9.17) is 0 Å². The second-order valence-corrected chi connectivity index (χ2v) is 6.33. The highest BCUT2D eigenvalue weighted by Gasteiger charge is 2.27. The van der Waals surface area contributed by atoms with Crippen LogP contribution in [0.25, 0.3) is 0 Å². The standard InChI is InChI=1S/C9H17NOS2/c1-6-4-10(5-7(2)13-6)9(11)8(3)12/h6-8,12H,4-5H2,1-3H3. The van der Waals surface area contributed by atoms with Crippen LogP contribution in [0.3, 0.4) is 0 Å². The van der Waals surface area contributed by atoms with Crippen molar-refractivity contribution in [2.75, 3.05) is 13.1 Å². The van der Waals surface area contributed by atoms with E-state index >= 15 is 0 Å². The molecule has 2 nitrogen and oxygen atoms in total. The van der Waals surface area contributed by atoms with Crippen LogP contribution in [0.15, 0.2) is 0 Å². The summed E-state index contributed by atoms with van der Waals surface area (Å²) in [6.07, 6.45) is 0. The molecule has 1 heterocycles. The van der Waals surface area contributed by atoms with E-state index in [9.17, 15) is 4.79 Å². The zero-order chi connectivity index (χ0) is 10.0. The van der Waals surface area contributed by atoms with Crippen LogP contribution in [0, 0.1) is 0 Å². The maximum absolute atomic E-state index is 11.6. The van der Waals surface area contributed by atoms with Crippen molar-refractivity contribution in [3.63, 3.8) is 0 Å². The molecule has 0 saturated carbocycles. The predicted molar refractivity (Wildman–Crippen MR) is 61.5 cm³/mol. The first kappa shape index (κ1) is 11.2. The fraction of sp³-hybridized carbons (Fsp3) is 0.889. The van der Waals surface area contributed by atoms with Crippen molar-refractivity contribution in [2.45, 2.75) is 36.5 Å². The lowest BCUT2D eigenvalue weighted by Crippen LogP contribution is -2.46. The van der Waals surface area contributed by atoms with Crippen molar-refractivity contribution in [3.8, 4) is 0 Å². The lowest BCUT2D eigenvalue weighted by molar-refractivity contribution is -0.130. The third kappa shape index (κ3) is 3.09. The number of hydrogen-bond acceptors (Lipinski definition) is 3. The van der Waals surface area contributed by atoms with Crippen molar-refractivity contribution in [1.82, 2.24) is 4.90 Å². The van der Waals surface area contributed by atoms with Gasteiger partial charge in [-0.1, -0.05) is 13.8 Å². The third-order valence-electron chi connectivity index (χ3n) is 2.09. The zero-order valence-corrected chi connectivity index (χ0v) is 10.1. The quantitative estimate of drug-likeness (QED) is 0.677. The van der Waals surface area contributed by atoms with E-state index in [-0.39, 0.29) is 11.2 Å². The molecule has 0 aromatic carbocycles. The minimum Gasteiger partial charge on any atom is -0.340 e. The highest BCUT2D eigenvalue weighted by molar-refractivity contribution is 8.00. The van der Waals surface area contributed by atoms with E-state index in [0.717, 1.165) is 13.1 Å². The Morgan fingerprint density at radius 2 is 1.92 bits per heavy atom. The monoisotopic (exact) mass is 219 g/mol. The van der Waals surface area contributed by atoms with Crippen LogP contribution in [0.4, 0.5) is 0 Å². The highest BCUT2D eigenvalue weighted by atomic mass is 32.2. The summed E-state index contributed by atoms with van der Waals surface area (Å²) in [4.78, 5) is 13.6. The summed E-state index contributed by atoms with van der Waals surface area (Å²) in [7, 11) is 0. The average Bonchev–Trinajstić information content (AvgIpc) is 2.01. The molecule has 76 valence electrons. The molecule has 3 unspecified atom stereocenters. The van der Waals surface area contributed by atoms with Crippen molar-refractivity contribution >= 4 is 30.3 Å². The van der Waals surface area contributed by atoms with Gasteiger partial charge < -0.3 is 4.90 Å². The molecule has 1 fully saturated rings. The summed E-state index contributed by atoms with van der Waals surface area (Å²) < 4.78 is 0. The van der Waals surface area contributed by atoms with Gasteiger partial charge in [0.05, 0.1) is 5.25 Å². The van der Waals surface area contributed by atoms with E-state index in [1.54, 1.807) is 0 Å². The summed E-state index contributed by atoms with van der Waals surface area (Å²) in [6, 6.07) is 0. The van der Waals surface area contributed by atoms with E-state index in [1.807, 2.05) is 23.6 Å². The third-order valence-corrected chi connectivity index (χ3v) is 3.54. The van der Waals surface area contributed by atoms with E-state index < -0.39 is 0 Å². The molecule has 0 bridgehead atoms. The molecule has 0 N–H and O–H groups in total. The first-order valence-corrected chi connectivity index (χ1v) is 6.09. The molecule has 4 heteroatoms. The van der Waals surface area contributed by atoms with Crippen LogP contribution < -0.4 is 0 Å². The molecule has 1 aliphatic heterocycles. The molecular weight excluding hydrogens is 202 g/mol. The predicted octanol–water partition coefficient (Wildman–Crippen LogP) is 1.66. The van der Waals surface area contributed by atoms with Gasteiger partial charge in [0.2, 0.25) is 5.91 Å². The molecule has 1 amide bonds. The minimum absolute atomic E-state index is 0.164. The molecule has 1 saturated heterocycles. The first-order chi connectivity index (χ1) is 6.00. The second-order valence-electron chi connectivity index (χ2n) is 3.68. The molecule has 13 heavy (non-hydrogen) atoms. The van der Waals surface area contributed by atoms with Crippen LogP contribution in [0.5, 0.6) is 0 Å². The SMILES string of the molecule is CC1CN(C(=O)C(C)S)CC(C)S1. The Balaban J connectivity index is 2.55. The molecule has 0 aliphatic carbocycles. The fourth-order valence-corrected chi connectivity index (χ4v) is 3.11.